The third kappa shape index (κ3) is 4.23. The lowest BCUT2D eigenvalue weighted by Gasteiger charge is -2.33. The van der Waals surface area contributed by atoms with Gasteiger partial charge in [-0.2, -0.15) is 0 Å². The summed E-state index contributed by atoms with van der Waals surface area (Å²) in [4.78, 5) is 13.3. The van der Waals surface area contributed by atoms with Crippen molar-refractivity contribution in [1.29, 1.82) is 0 Å². The van der Waals surface area contributed by atoms with Gasteiger partial charge in [-0.25, -0.2) is 4.79 Å². The van der Waals surface area contributed by atoms with Crippen molar-refractivity contribution < 1.29 is 9.53 Å². The molecule has 0 aromatic rings. The highest BCUT2D eigenvalue weighted by atomic mass is 16.5. The lowest BCUT2D eigenvalue weighted by Crippen LogP contribution is -2.40. The first-order valence-electron chi connectivity index (χ1n) is 6.00. The number of hydrogen-bond donors (Lipinski definition) is 1. The second-order valence-electron chi connectivity index (χ2n) is 4.06. The molecule has 1 fully saturated rings. The Morgan fingerprint density at radius 3 is 2.75 bits per heavy atom. The summed E-state index contributed by atoms with van der Waals surface area (Å²) < 4.78 is 4.60. The summed E-state index contributed by atoms with van der Waals surface area (Å²) in [6, 6.07) is 0.558. The van der Waals surface area contributed by atoms with E-state index in [0.29, 0.717) is 6.04 Å². The van der Waals surface area contributed by atoms with Crippen molar-refractivity contribution in [2.75, 3.05) is 26.7 Å². The predicted molar refractivity (Wildman–Crippen MR) is 64.0 cm³/mol. The zero-order valence-electron chi connectivity index (χ0n) is 10.2. The molecule has 0 radical (unpaired) electrons. The predicted octanol–water partition coefficient (Wildman–Crippen LogP) is 1.14. The molecule has 0 amide bonds. The minimum atomic E-state index is -0.282. The SMILES string of the molecule is CCCN(C=CC(=O)OC)C1CCNCC1. The number of nitrogens with zero attached hydrogens (tertiary/aromatic N) is 1. The molecule has 1 rings (SSSR count). The van der Waals surface area contributed by atoms with E-state index in [0.717, 1.165) is 38.9 Å². The highest BCUT2D eigenvalue weighted by Gasteiger charge is 2.17. The molecule has 0 spiro atoms. The van der Waals surface area contributed by atoms with Crippen LogP contribution in [0.3, 0.4) is 0 Å². The van der Waals surface area contributed by atoms with Crippen LogP contribution in [0.15, 0.2) is 12.3 Å². The van der Waals surface area contributed by atoms with Gasteiger partial charge in [-0.3, -0.25) is 0 Å². The van der Waals surface area contributed by atoms with Crippen LogP contribution in [0.4, 0.5) is 0 Å². The summed E-state index contributed by atoms with van der Waals surface area (Å²) in [6.45, 7) is 5.28. The van der Waals surface area contributed by atoms with E-state index in [-0.39, 0.29) is 5.97 Å². The van der Waals surface area contributed by atoms with Crippen LogP contribution in [0.5, 0.6) is 0 Å². The van der Waals surface area contributed by atoms with Crippen molar-refractivity contribution in [1.82, 2.24) is 10.2 Å². The minimum absolute atomic E-state index is 0.282. The number of methoxy groups -OCH3 is 1. The summed E-state index contributed by atoms with van der Waals surface area (Å²) in [5.74, 6) is -0.282. The normalized spacial score (nSPS) is 17.6. The number of rotatable bonds is 5. The summed E-state index contributed by atoms with van der Waals surface area (Å²) in [7, 11) is 1.40. The fraction of sp³-hybridized carbons (Fsp3) is 0.750. The largest absolute Gasteiger partial charge is 0.466 e. The second-order valence-corrected chi connectivity index (χ2v) is 4.06. The number of carbonyl (C=O) groups excluding carboxylic acids is 1. The molecule has 0 aromatic heterocycles. The van der Waals surface area contributed by atoms with E-state index in [9.17, 15) is 4.79 Å². The third-order valence-electron chi connectivity index (χ3n) is 2.86. The van der Waals surface area contributed by atoms with Crippen LogP contribution < -0.4 is 5.32 Å². The fourth-order valence-electron chi connectivity index (χ4n) is 2.00. The summed E-state index contributed by atoms with van der Waals surface area (Å²) in [6.07, 6.45) is 6.77. The van der Waals surface area contributed by atoms with Gasteiger partial charge in [0.2, 0.25) is 0 Å². The van der Waals surface area contributed by atoms with E-state index in [1.807, 2.05) is 6.20 Å². The van der Waals surface area contributed by atoms with Gasteiger partial charge in [0.05, 0.1) is 7.11 Å². The first-order chi connectivity index (χ1) is 7.77. The van der Waals surface area contributed by atoms with Gasteiger partial charge in [-0.15, -0.1) is 0 Å². The zero-order chi connectivity index (χ0) is 11.8. The van der Waals surface area contributed by atoms with Crippen LogP contribution in [0.1, 0.15) is 26.2 Å². The van der Waals surface area contributed by atoms with Crippen molar-refractivity contribution in [2.24, 2.45) is 0 Å². The molecule has 4 heteroatoms. The molecule has 1 aliphatic rings. The molecular formula is C12H22N2O2. The standard InChI is InChI=1S/C12H22N2O2/c1-3-9-14(10-6-12(15)16-2)11-4-7-13-8-5-11/h6,10-11,13H,3-5,7-9H2,1-2H3. The molecule has 0 unspecified atom stereocenters. The quantitative estimate of drug-likeness (QED) is 0.564. The van der Waals surface area contributed by atoms with Gasteiger partial charge in [-0.1, -0.05) is 6.92 Å². The van der Waals surface area contributed by atoms with Crippen molar-refractivity contribution in [3.8, 4) is 0 Å². The van der Waals surface area contributed by atoms with Crippen molar-refractivity contribution >= 4 is 5.97 Å². The van der Waals surface area contributed by atoms with Gasteiger partial charge in [0.1, 0.15) is 0 Å². The maximum Gasteiger partial charge on any atom is 0.331 e. The maximum absolute atomic E-state index is 11.1. The number of esters is 1. The Hall–Kier alpha value is -1.03. The van der Waals surface area contributed by atoms with E-state index in [4.69, 9.17) is 0 Å². The van der Waals surface area contributed by atoms with Gasteiger partial charge in [0.15, 0.2) is 0 Å². The van der Waals surface area contributed by atoms with Gasteiger partial charge >= 0.3 is 5.97 Å². The van der Waals surface area contributed by atoms with Crippen molar-refractivity contribution in [3.05, 3.63) is 12.3 Å². The molecule has 0 aromatic carbocycles. The van der Waals surface area contributed by atoms with E-state index in [1.54, 1.807) is 0 Å². The van der Waals surface area contributed by atoms with Gasteiger partial charge in [-0.05, 0) is 32.4 Å². The Morgan fingerprint density at radius 2 is 2.19 bits per heavy atom. The van der Waals surface area contributed by atoms with E-state index in [2.05, 4.69) is 21.9 Å². The van der Waals surface area contributed by atoms with E-state index in [1.165, 1.54) is 13.2 Å². The van der Waals surface area contributed by atoms with Crippen LogP contribution in [-0.4, -0.2) is 43.7 Å². The molecule has 0 atom stereocenters. The van der Waals surface area contributed by atoms with Crippen molar-refractivity contribution in [3.63, 3.8) is 0 Å². The van der Waals surface area contributed by atoms with Crippen LogP contribution in [0.2, 0.25) is 0 Å². The molecule has 0 saturated carbocycles. The number of piperidine rings is 1. The first kappa shape index (κ1) is 13.0. The van der Waals surface area contributed by atoms with Gasteiger partial charge in [0, 0.05) is 24.9 Å². The topological polar surface area (TPSA) is 41.6 Å². The van der Waals surface area contributed by atoms with E-state index < -0.39 is 0 Å². The number of carbonyl (C=O) groups is 1. The summed E-state index contributed by atoms with van der Waals surface area (Å²) in [5.41, 5.74) is 0. The fourth-order valence-corrected chi connectivity index (χ4v) is 2.00. The third-order valence-corrected chi connectivity index (χ3v) is 2.86. The average molecular weight is 226 g/mol. The summed E-state index contributed by atoms with van der Waals surface area (Å²) >= 11 is 0. The van der Waals surface area contributed by atoms with Gasteiger partial charge in [0.25, 0.3) is 0 Å². The highest BCUT2D eigenvalue weighted by Crippen LogP contribution is 2.12. The summed E-state index contributed by atoms with van der Waals surface area (Å²) in [5, 5.41) is 3.35. The molecule has 1 heterocycles. The van der Waals surface area contributed by atoms with E-state index >= 15 is 0 Å². The minimum Gasteiger partial charge on any atom is -0.466 e. The zero-order valence-corrected chi connectivity index (χ0v) is 10.2. The number of ether oxygens (including phenoxy) is 1. The number of nitrogens with one attached hydrogen (secondary N) is 1. The molecular weight excluding hydrogens is 204 g/mol. The molecule has 4 nitrogen and oxygen atoms in total. The van der Waals surface area contributed by atoms with Crippen LogP contribution in [0.25, 0.3) is 0 Å². The molecule has 1 N–H and O–H groups in total. The molecule has 92 valence electrons. The van der Waals surface area contributed by atoms with Crippen molar-refractivity contribution in [2.45, 2.75) is 32.2 Å². The van der Waals surface area contributed by atoms with Gasteiger partial charge < -0.3 is 15.0 Å². The van der Waals surface area contributed by atoms with Crippen LogP contribution >= 0.6 is 0 Å². The molecule has 1 saturated heterocycles. The number of hydrogen-bond acceptors (Lipinski definition) is 4. The van der Waals surface area contributed by atoms with Crippen LogP contribution in [0, 0.1) is 0 Å². The van der Waals surface area contributed by atoms with Crippen LogP contribution in [-0.2, 0) is 9.53 Å². The Morgan fingerprint density at radius 1 is 1.50 bits per heavy atom. The Bertz CT molecular complexity index is 235. The first-order valence-corrected chi connectivity index (χ1v) is 6.00. The average Bonchev–Trinajstić information content (AvgIpc) is 2.35. The molecule has 16 heavy (non-hydrogen) atoms. The monoisotopic (exact) mass is 226 g/mol. The maximum atomic E-state index is 11.1. The molecule has 0 bridgehead atoms. The highest BCUT2D eigenvalue weighted by molar-refractivity contribution is 5.81. The lowest BCUT2D eigenvalue weighted by atomic mass is 10.1. The Balaban J connectivity index is 2.51. The molecule has 0 aliphatic carbocycles. The Labute approximate surface area is 97.6 Å². The Kier molecular flexibility index (Phi) is 5.93. The smallest absolute Gasteiger partial charge is 0.331 e. The lowest BCUT2D eigenvalue weighted by molar-refractivity contribution is -0.134. The second kappa shape index (κ2) is 7.28. The molecule has 1 aliphatic heterocycles.